The molecule has 0 amide bonds. The molecule has 0 saturated heterocycles. The van der Waals surface area contributed by atoms with Crippen LogP contribution in [0.3, 0.4) is 0 Å². The summed E-state index contributed by atoms with van der Waals surface area (Å²) in [4.78, 5) is 5.68. The zero-order chi connectivity index (χ0) is 13.3. The predicted molar refractivity (Wildman–Crippen MR) is 77.0 cm³/mol. The molecule has 3 heteroatoms. The number of benzene rings is 1. The summed E-state index contributed by atoms with van der Waals surface area (Å²) in [7, 11) is 0. The SMILES string of the molecule is Cc1sc(C(C)O)nc1-c1ccc(C(C)C)cc1. The predicted octanol–water partition coefficient (Wildman–Crippen LogP) is 4.30. The average molecular weight is 261 g/mol. The van der Waals surface area contributed by atoms with E-state index in [1.54, 1.807) is 18.3 Å². The van der Waals surface area contributed by atoms with Gasteiger partial charge >= 0.3 is 0 Å². The van der Waals surface area contributed by atoms with Gasteiger partial charge in [-0.05, 0) is 25.3 Å². The molecule has 1 unspecified atom stereocenters. The molecule has 0 aliphatic rings. The Bertz CT molecular complexity index is 526. The molecule has 1 heterocycles. The van der Waals surface area contributed by atoms with Crippen molar-refractivity contribution in [3.8, 4) is 11.3 Å². The lowest BCUT2D eigenvalue weighted by Gasteiger charge is -2.06. The van der Waals surface area contributed by atoms with Gasteiger partial charge in [-0.1, -0.05) is 38.1 Å². The summed E-state index contributed by atoms with van der Waals surface area (Å²) in [6.07, 6.45) is -0.489. The minimum Gasteiger partial charge on any atom is -0.386 e. The molecule has 0 bridgehead atoms. The van der Waals surface area contributed by atoms with Crippen LogP contribution < -0.4 is 0 Å². The fourth-order valence-corrected chi connectivity index (χ4v) is 2.77. The first-order chi connectivity index (χ1) is 8.49. The third kappa shape index (κ3) is 2.62. The van der Waals surface area contributed by atoms with E-state index in [4.69, 9.17) is 0 Å². The second-order valence-electron chi connectivity index (χ2n) is 4.91. The Balaban J connectivity index is 2.36. The highest BCUT2D eigenvalue weighted by Gasteiger charge is 2.13. The van der Waals surface area contributed by atoms with Crippen LogP contribution in [0.1, 0.15) is 48.2 Å². The summed E-state index contributed by atoms with van der Waals surface area (Å²) >= 11 is 1.57. The lowest BCUT2D eigenvalue weighted by molar-refractivity contribution is 0.199. The van der Waals surface area contributed by atoms with Gasteiger partial charge in [0, 0.05) is 10.4 Å². The molecule has 1 aromatic heterocycles. The van der Waals surface area contributed by atoms with Crippen LogP contribution in [0, 0.1) is 6.92 Å². The van der Waals surface area contributed by atoms with Crippen molar-refractivity contribution in [3.63, 3.8) is 0 Å². The Labute approximate surface area is 112 Å². The number of aliphatic hydroxyl groups is 1. The van der Waals surface area contributed by atoms with Crippen LogP contribution in [-0.2, 0) is 0 Å². The van der Waals surface area contributed by atoms with Crippen molar-refractivity contribution < 1.29 is 5.11 Å². The first-order valence-electron chi connectivity index (χ1n) is 6.24. The van der Waals surface area contributed by atoms with Crippen LogP contribution >= 0.6 is 11.3 Å². The molecule has 2 rings (SSSR count). The average Bonchev–Trinajstić information content (AvgIpc) is 2.71. The number of aryl methyl sites for hydroxylation is 1. The molecule has 1 N–H and O–H groups in total. The fraction of sp³-hybridized carbons (Fsp3) is 0.400. The molecule has 2 aromatic rings. The molecular weight excluding hydrogens is 242 g/mol. The molecule has 0 saturated carbocycles. The summed E-state index contributed by atoms with van der Waals surface area (Å²) in [6.45, 7) is 8.18. The number of hydrogen-bond acceptors (Lipinski definition) is 3. The zero-order valence-electron chi connectivity index (χ0n) is 11.3. The van der Waals surface area contributed by atoms with Gasteiger partial charge in [0.1, 0.15) is 11.1 Å². The first kappa shape index (κ1) is 13.2. The molecule has 0 spiro atoms. The summed E-state index contributed by atoms with van der Waals surface area (Å²) in [5.74, 6) is 0.545. The van der Waals surface area contributed by atoms with E-state index in [-0.39, 0.29) is 0 Å². The zero-order valence-corrected chi connectivity index (χ0v) is 12.1. The van der Waals surface area contributed by atoms with Gasteiger partial charge in [0.2, 0.25) is 0 Å². The van der Waals surface area contributed by atoms with Gasteiger partial charge in [0.15, 0.2) is 0 Å². The van der Waals surface area contributed by atoms with Crippen LogP contribution in [0.5, 0.6) is 0 Å². The molecule has 18 heavy (non-hydrogen) atoms. The Morgan fingerprint density at radius 1 is 1.11 bits per heavy atom. The van der Waals surface area contributed by atoms with E-state index in [2.05, 4.69) is 50.0 Å². The third-order valence-electron chi connectivity index (χ3n) is 3.02. The number of thiazole rings is 1. The molecule has 0 aliphatic carbocycles. The summed E-state index contributed by atoms with van der Waals surface area (Å²) < 4.78 is 0. The third-order valence-corrected chi connectivity index (χ3v) is 4.16. The normalized spacial score (nSPS) is 13.0. The van der Waals surface area contributed by atoms with Crippen LogP contribution in [-0.4, -0.2) is 10.1 Å². The minimum absolute atomic E-state index is 0.489. The van der Waals surface area contributed by atoms with Crippen molar-refractivity contribution in [2.24, 2.45) is 0 Å². The van der Waals surface area contributed by atoms with E-state index >= 15 is 0 Å². The molecule has 1 aromatic carbocycles. The van der Waals surface area contributed by atoms with Gasteiger partial charge in [0.25, 0.3) is 0 Å². The second-order valence-corrected chi connectivity index (χ2v) is 6.14. The van der Waals surface area contributed by atoms with Crippen molar-refractivity contribution >= 4 is 11.3 Å². The number of hydrogen-bond donors (Lipinski definition) is 1. The van der Waals surface area contributed by atoms with E-state index < -0.39 is 6.10 Å². The lowest BCUT2D eigenvalue weighted by atomic mass is 10.0. The number of aliphatic hydroxyl groups excluding tert-OH is 1. The van der Waals surface area contributed by atoms with Crippen molar-refractivity contribution in [3.05, 3.63) is 39.7 Å². The van der Waals surface area contributed by atoms with E-state index in [0.29, 0.717) is 5.92 Å². The quantitative estimate of drug-likeness (QED) is 0.893. The van der Waals surface area contributed by atoms with Gasteiger partial charge in [-0.15, -0.1) is 11.3 Å². The fourth-order valence-electron chi connectivity index (χ4n) is 1.89. The van der Waals surface area contributed by atoms with E-state index in [0.717, 1.165) is 21.1 Å². The van der Waals surface area contributed by atoms with E-state index in [1.165, 1.54) is 5.56 Å². The Morgan fingerprint density at radius 2 is 1.72 bits per heavy atom. The van der Waals surface area contributed by atoms with Crippen molar-refractivity contribution in [1.29, 1.82) is 0 Å². The molecule has 96 valence electrons. The Kier molecular flexibility index (Phi) is 3.83. The largest absolute Gasteiger partial charge is 0.386 e. The van der Waals surface area contributed by atoms with Crippen molar-refractivity contribution in [2.75, 3.05) is 0 Å². The first-order valence-corrected chi connectivity index (χ1v) is 7.06. The van der Waals surface area contributed by atoms with Gasteiger partial charge in [-0.25, -0.2) is 4.98 Å². The molecular formula is C15H19NOS. The molecule has 0 fully saturated rings. The van der Waals surface area contributed by atoms with Gasteiger partial charge in [-0.3, -0.25) is 0 Å². The minimum atomic E-state index is -0.489. The highest BCUT2D eigenvalue weighted by atomic mass is 32.1. The summed E-state index contributed by atoms with van der Waals surface area (Å²) in [5.41, 5.74) is 3.45. The maximum absolute atomic E-state index is 9.57. The molecule has 1 atom stereocenters. The number of aromatic nitrogens is 1. The Hall–Kier alpha value is -1.19. The maximum Gasteiger partial charge on any atom is 0.122 e. The molecule has 0 radical (unpaired) electrons. The molecule has 0 aliphatic heterocycles. The van der Waals surface area contributed by atoms with Crippen LogP contribution in [0.25, 0.3) is 11.3 Å². The number of nitrogens with zero attached hydrogens (tertiary/aromatic N) is 1. The molecule has 2 nitrogen and oxygen atoms in total. The smallest absolute Gasteiger partial charge is 0.122 e. The topological polar surface area (TPSA) is 33.1 Å². The van der Waals surface area contributed by atoms with Crippen molar-refractivity contribution in [2.45, 2.75) is 39.7 Å². The van der Waals surface area contributed by atoms with E-state index in [9.17, 15) is 5.11 Å². The number of rotatable bonds is 3. The Morgan fingerprint density at radius 3 is 2.17 bits per heavy atom. The van der Waals surface area contributed by atoms with Gasteiger partial charge < -0.3 is 5.11 Å². The van der Waals surface area contributed by atoms with Crippen LogP contribution in [0.15, 0.2) is 24.3 Å². The van der Waals surface area contributed by atoms with E-state index in [1.807, 2.05) is 0 Å². The standard InChI is InChI=1S/C15H19NOS/c1-9(2)12-5-7-13(8-6-12)14-11(4)18-15(16-14)10(3)17/h5-10,17H,1-4H3. The maximum atomic E-state index is 9.57. The summed E-state index contributed by atoms with van der Waals surface area (Å²) in [6, 6.07) is 8.54. The highest BCUT2D eigenvalue weighted by molar-refractivity contribution is 7.12. The monoisotopic (exact) mass is 261 g/mol. The second kappa shape index (κ2) is 5.21. The van der Waals surface area contributed by atoms with Gasteiger partial charge in [-0.2, -0.15) is 0 Å². The lowest BCUT2D eigenvalue weighted by Crippen LogP contribution is -1.90. The van der Waals surface area contributed by atoms with Gasteiger partial charge in [0.05, 0.1) is 5.69 Å². The highest BCUT2D eigenvalue weighted by Crippen LogP contribution is 2.31. The van der Waals surface area contributed by atoms with Crippen LogP contribution in [0.4, 0.5) is 0 Å². The van der Waals surface area contributed by atoms with Crippen molar-refractivity contribution in [1.82, 2.24) is 4.98 Å². The van der Waals surface area contributed by atoms with Crippen LogP contribution in [0.2, 0.25) is 0 Å². The summed E-state index contributed by atoms with van der Waals surface area (Å²) in [5, 5.41) is 10.4.